The van der Waals surface area contributed by atoms with E-state index in [4.69, 9.17) is 5.11 Å². The first-order valence-corrected chi connectivity index (χ1v) is 12.5. The Balaban J connectivity index is 3.74. The van der Waals surface area contributed by atoms with Gasteiger partial charge in [-0.05, 0) is 51.9 Å². The van der Waals surface area contributed by atoms with Crippen LogP contribution in [0.1, 0.15) is 137 Å². The normalized spacial score (nSPS) is 13.7. The van der Waals surface area contributed by atoms with E-state index in [0.717, 1.165) is 19.3 Å². The summed E-state index contributed by atoms with van der Waals surface area (Å²) >= 11 is 0. The third-order valence-corrected chi connectivity index (χ3v) is 5.73. The summed E-state index contributed by atoms with van der Waals surface area (Å²) in [5.41, 5.74) is 3.02. The summed E-state index contributed by atoms with van der Waals surface area (Å²) in [7, 11) is 0. The van der Waals surface area contributed by atoms with E-state index in [1.54, 1.807) is 0 Å². The Bertz CT molecular complexity index is 447. The highest BCUT2D eigenvalue weighted by Crippen LogP contribution is 2.18. The van der Waals surface area contributed by atoms with Crippen LogP contribution in [0.5, 0.6) is 0 Å². The van der Waals surface area contributed by atoms with E-state index < -0.39 is 5.97 Å². The fourth-order valence-electron chi connectivity index (χ4n) is 4.04. The second-order valence-electron chi connectivity index (χ2n) is 9.18. The van der Waals surface area contributed by atoms with Gasteiger partial charge in [0.2, 0.25) is 0 Å². The van der Waals surface area contributed by atoms with Gasteiger partial charge in [0, 0.05) is 6.42 Å². The van der Waals surface area contributed by atoms with Gasteiger partial charge >= 0.3 is 5.97 Å². The van der Waals surface area contributed by atoms with Gasteiger partial charge in [-0.1, -0.05) is 108 Å². The SMILES string of the molecule is CCCCCCCCCC/C=C(/C)C/C(C)=C/[C@@H](C)CCCCCCCC(=O)O. The summed E-state index contributed by atoms with van der Waals surface area (Å²) in [5, 5.41) is 8.64. The van der Waals surface area contributed by atoms with Gasteiger partial charge < -0.3 is 5.11 Å². The molecule has 0 aromatic heterocycles. The van der Waals surface area contributed by atoms with Crippen LogP contribution >= 0.6 is 0 Å². The number of carboxylic acids is 1. The Hall–Kier alpha value is -1.05. The Kier molecular flexibility index (Phi) is 19.5. The fourth-order valence-corrected chi connectivity index (χ4v) is 4.04. The third kappa shape index (κ3) is 21.5. The minimum Gasteiger partial charge on any atom is -0.481 e. The van der Waals surface area contributed by atoms with Crippen molar-refractivity contribution in [3.8, 4) is 0 Å². The van der Waals surface area contributed by atoms with E-state index in [1.165, 1.54) is 94.6 Å². The molecule has 0 saturated carbocycles. The molecule has 29 heavy (non-hydrogen) atoms. The number of aliphatic carboxylic acids is 1. The topological polar surface area (TPSA) is 37.3 Å². The second kappa shape index (κ2) is 20.2. The number of rotatable bonds is 20. The van der Waals surface area contributed by atoms with Crippen molar-refractivity contribution in [3.63, 3.8) is 0 Å². The molecule has 0 fully saturated rings. The highest BCUT2D eigenvalue weighted by atomic mass is 16.4. The summed E-state index contributed by atoms with van der Waals surface area (Å²) in [5.74, 6) is -0.0177. The van der Waals surface area contributed by atoms with Crippen molar-refractivity contribution in [3.05, 3.63) is 23.3 Å². The molecule has 0 bridgehead atoms. The van der Waals surface area contributed by atoms with Crippen LogP contribution in [-0.4, -0.2) is 11.1 Å². The molecule has 0 heterocycles. The van der Waals surface area contributed by atoms with Gasteiger partial charge in [0.1, 0.15) is 0 Å². The molecule has 0 saturated heterocycles. The third-order valence-electron chi connectivity index (χ3n) is 5.73. The van der Waals surface area contributed by atoms with Crippen LogP contribution in [0, 0.1) is 5.92 Å². The largest absolute Gasteiger partial charge is 0.481 e. The molecule has 0 aromatic carbocycles. The van der Waals surface area contributed by atoms with Crippen molar-refractivity contribution in [2.45, 2.75) is 137 Å². The van der Waals surface area contributed by atoms with E-state index in [-0.39, 0.29) is 0 Å². The Morgan fingerprint density at radius 2 is 1.34 bits per heavy atom. The average Bonchev–Trinajstić information content (AvgIpc) is 2.65. The molecule has 0 aliphatic carbocycles. The highest BCUT2D eigenvalue weighted by molar-refractivity contribution is 5.66. The molecule has 0 aromatic rings. The molecular formula is C27H50O2. The summed E-state index contributed by atoms with van der Waals surface area (Å²) in [6.07, 6.45) is 25.5. The van der Waals surface area contributed by atoms with Gasteiger partial charge in [-0.25, -0.2) is 0 Å². The molecule has 170 valence electrons. The second-order valence-corrected chi connectivity index (χ2v) is 9.18. The van der Waals surface area contributed by atoms with Gasteiger partial charge in [-0.3, -0.25) is 4.79 Å². The van der Waals surface area contributed by atoms with Gasteiger partial charge in [-0.2, -0.15) is 0 Å². The minimum atomic E-state index is -0.665. The molecule has 0 radical (unpaired) electrons. The molecule has 0 rings (SSSR count). The molecule has 1 N–H and O–H groups in total. The van der Waals surface area contributed by atoms with E-state index in [0.29, 0.717) is 12.3 Å². The van der Waals surface area contributed by atoms with E-state index in [1.807, 2.05) is 0 Å². The van der Waals surface area contributed by atoms with Crippen molar-refractivity contribution >= 4 is 5.97 Å². The predicted octanol–water partition coefficient (Wildman–Crippen LogP) is 9.25. The molecule has 0 aliphatic rings. The number of carboxylic acid groups (broad SMARTS) is 1. The van der Waals surface area contributed by atoms with E-state index >= 15 is 0 Å². The summed E-state index contributed by atoms with van der Waals surface area (Å²) in [6, 6.07) is 0. The van der Waals surface area contributed by atoms with E-state index in [2.05, 4.69) is 39.8 Å². The molecular weight excluding hydrogens is 356 g/mol. The van der Waals surface area contributed by atoms with Crippen molar-refractivity contribution in [1.29, 1.82) is 0 Å². The fraction of sp³-hybridized carbons (Fsp3) is 0.815. The molecule has 0 unspecified atom stereocenters. The first-order valence-electron chi connectivity index (χ1n) is 12.5. The molecule has 0 aliphatic heterocycles. The maximum Gasteiger partial charge on any atom is 0.303 e. The van der Waals surface area contributed by atoms with Crippen LogP contribution in [0.3, 0.4) is 0 Å². The number of hydrogen-bond donors (Lipinski definition) is 1. The smallest absolute Gasteiger partial charge is 0.303 e. The van der Waals surface area contributed by atoms with Crippen LogP contribution in [0.25, 0.3) is 0 Å². The first-order chi connectivity index (χ1) is 14.0. The lowest BCUT2D eigenvalue weighted by Gasteiger charge is -2.09. The lowest BCUT2D eigenvalue weighted by molar-refractivity contribution is -0.137. The minimum absolute atomic E-state index is 0.324. The monoisotopic (exact) mass is 406 g/mol. The molecule has 2 nitrogen and oxygen atoms in total. The lowest BCUT2D eigenvalue weighted by atomic mass is 9.97. The average molecular weight is 407 g/mol. The Labute approximate surface area is 182 Å². The van der Waals surface area contributed by atoms with Crippen molar-refractivity contribution in [2.24, 2.45) is 5.92 Å². The summed E-state index contributed by atoms with van der Waals surface area (Å²) < 4.78 is 0. The van der Waals surface area contributed by atoms with Crippen LogP contribution in [0.15, 0.2) is 23.3 Å². The van der Waals surface area contributed by atoms with Gasteiger partial charge in [0.15, 0.2) is 0 Å². The lowest BCUT2D eigenvalue weighted by Crippen LogP contribution is -1.94. The van der Waals surface area contributed by atoms with Crippen LogP contribution < -0.4 is 0 Å². The standard InChI is InChI=1S/C27H50O2/c1-5-6-7-8-9-10-11-13-16-19-24(2)22-26(4)23-25(3)20-17-14-12-15-18-21-27(28)29/h19,23,25H,5-18,20-22H2,1-4H3,(H,28,29)/b24-19-,26-23+/t25-/m0/s1. The Morgan fingerprint density at radius 3 is 1.97 bits per heavy atom. The molecule has 0 spiro atoms. The van der Waals surface area contributed by atoms with Crippen molar-refractivity contribution in [2.75, 3.05) is 0 Å². The predicted molar refractivity (Wildman–Crippen MR) is 128 cm³/mol. The van der Waals surface area contributed by atoms with Gasteiger partial charge in [0.25, 0.3) is 0 Å². The number of unbranched alkanes of at least 4 members (excludes halogenated alkanes) is 12. The van der Waals surface area contributed by atoms with Gasteiger partial charge in [-0.15, -0.1) is 0 Å². The quantitative estimate of drug-likeness (QED) is 0.161. The number of allylic oxidation sites excluding steroid dienone is 4. The van der Waals surface area contributed by atoms with Crippen LogP contribution in [0.2, 0.25) is 0 Å². The maximum absolute atomic E-state index is 10.5. The Morgan fingerprint density at radius 1 is 0.793 bits per heavy atom. The van der Waals surface area contributed by atoms with Crippen LogP contribution in [-0.2, 0) is 4.79 Å². The molecule has 0 amide bonds. The molecule has 2 heteroatoms. The number of carbonyl (C=O) groups is 1. The zero-order chi connectivity index (χ0) is 21.7. The summed E-state index contributed by atoms with van der Waals surface area (Å²) in [4.78, 5) is 10.5. The summed E-state index contributed by atoms with van der Waals surface area (Å²) in [6.45, 7) is 9.16. The highest BCUT2D eigenvalue weighted by Gasteiger charge is 2.02. The van der Waals surface area contributed by atoms with E-state index in [9.17, 15) is 4.79 Å². The zero-order valence-corrected chi connectivity index (χ0v) is 20.1. The zero-order valence-electron chi connectivity index (χ0n) is 20.1. The number of hydrogen-bond acceptors (Lipinski definition) is 1. The maximum atomic E-state index is 10.5. The van der Waals surface area contributed by atoms with Crippen molar-refractivity contribution in [1.82, 2.24) is 0 Å². The molecule has 1 atom stereocenters. The van der Waals surface area contributed by atoms with Crippen LogP contribution in [0.4, 0.5) is 0 Å². The first kappa shape index (κ1) is 27.9. The van der Waals surface area contributed by atoms with Crippen molar-refractivity contribution < 1.29 is 9.90 Å². The van der Waals surface area contributed by atoms with Gasteiger partial charge in [0.05, 0.1) is 0 Å².